The Morgan fingerprint density at radius 1 is 1.47 bits per heavy atom. The quantitative estimate of drug-likeness (QED) is 0.787. The first-order chi connectivity index (χ1) is 7.29. The predicted octanol–water partition coefficient (Wildman–Crippen LogP) is 1.10. The van der Waals surface area contributed by atoms with Crippen LogP contribution in [0.1, 0.15) is 11.1 Å². The summed E-state index contributed by atoms with van der Waals surface area (Å²) in [6, 6.07) is 9.28. The fourth-order valence-corrected chi connectivity index (χ4v) is 1.41. The Labute approximate surface area is 86.4 Å². The van der Waals surface area contributed by atoms with E-state index in [0.717, 1.165) is 5.56 Å². The number of rotatable bonds is 2. The summed E-state index contributed by atoms with van der Waals surface area (Å²) in [6.07, 6.45) is 3.28. The molecule has 0 aliphatic carbocycles. The standard InChI is InChI=1S/C11H9N3O/c12-7-9-2-1-3-10(6-9)8-14-5-4-13-11(14)15/h1-6H,8H2,(H,13,15). The summed E-state index contributed by atoms with van der Waals surface area (Å²) >= 11 is 0. The number of hydrogen-bond donors (Lipinski definition) is 1. The Morgan fingerprint density at radius 2 is 2.33 bits per heavy atom. The summed E-state index contributed by atoms with van der Waals surface area (Å²) in [4.78, 5) is 13.8. The molecule has 4 heteroatoms. The molecule has 0 saturated heterocycles. The lowest BCUT2D eigenvalue weighted by Crippen LogP contribution is -2.16. The minimum absolute atomic E-state index is 0.141. The van der Waals surface area contributed by atoms with Crippen molar-refractivity contribution in [2.45, 2.75) is 6.54 Å². The second-order valence-electron chi connectivity index (χ2n) is 3.21. The highest BCUT2D eigenvalue weighted by atomic mass is 16.1. The van der Waals surface area contributed by atoms with E-state index >= 15 is 0 Å². The van der Waals surface area contributed by atoms with Crippen molar-refractivity contribution in [2.24, 2.45) is 0 Å². The number of aromatic amines is 1. The molecule has 0 spiro atoms. The van der Waals surface area contributed by atoms with Gasteiger partial charge in [0, 0.05) is 12.4 Å². The Bertz CT molecular complexity index is 559. The van der Waals surface area contributed by atoms with Gasteiger partial charge in [-0.1, -0.05) is 12.1 Å². The van der Waals surface area contributed by atoms with E-state index in [1.165, 1.54) is 0 Å². The van der Waals surface area contributed by atoms with E-state index in [1.54, 1.807) is 29.1 Å². The van der Waals surface area contributed by atoms with Gasteiger partial charge in [0.2, 0.25) is 0 Å². The van der Waals surface area contributed by atoms with Crippen LogP contribution in [0.2, 0.25) is 0 Å². The monoisotopic (exact) mass is 199 g/mol. The summed E-state index contributed by atoms with van der Waals surface area (Å²) in [5.74, 6) is 0. The minimum atomic E-state index is -0.141. The Hall–Kier alpha value is -2.28. The third-order valence-electron chi connectivity index (χ3n) is 2.13. The molecule has 0 unspecified atom stereocenters. The topological polar surface area (TPSA) is 61.6 Å². The van der Waals surface area contributed by atoms with Gasteiger partial charge in [0.1, 0.15) is 0 Å². The van der Waals surface area contributed by atoms with Gasteiger partial charge in [0.05, 0.1) is 18.2 Å². The molecule has 74 valence electrons. The zero-order chi connectivity index (χ0) is 10.7. The van der Waals surface area contributed by atoms with Crippen LogP contribution in [0.3, 0.4) is 0 Å². The molecule has 2 rings (SSSR count). The highest BCUT2D eigenvalue weighted by molar-refractivity contribution is 5.32. The number of benzene rings is 1. The molecule has 0 radical (unpaired) electrons. The first-order valence-electron chi connectivity index (χ1n) is 4.52. The van der Waals surface area contributed by atoms with E-state index in [0.29, 0.717) is 12.1 Å². The van der Waals surface area contributed by atoms with E-state index in [1.807, 2.05) is 12.1 Å². The number of H-pyrrole nitrogens is 1. The van der Waals surface area contributed by atoms with Crippen LogP contribution in [0.5, 0.6) is 0 Å². The molecule has 0 aliphatic heterocycles. The summed E-state index contributed by atoms with van der Waals surface area (Å²) in [7, 11) is 0. The lowest BCUT2D eigenvalue weighted by Gasteiger charge is -2.01. The van der Waals surface area contributed by atoms with Gasteiger partial charge < -0.3 is 4.98 Å². The average molecular weight is 199 g/mol. The average Bonchev–Trinajstić information content (AvgIpc) is 2.65. The third kappa shape index (κ3) is 1.97. The summed E-state index contributed by atoms with van der Waals surface area (Å²) in [5, 5.41) is 8.72. The first-order valence-corrected chi connectivity index (χ1v) is 4.52. The number of nitriles is 1. The molecule has 0 fully saturated rings. The smallest absolute Gasteiger partial charge is 0.313 e. The van der Waals surface area contributed by atoms with E-state index in [4.69, 9.17) is 5.26 Å². The molecule has 0 atom stereocenters. The first kappa shape index (κ1) is 9.28. The van der Waals surface area contributed by atoms with Crippen LogP contribution in [0.15, 0.2) is 41.5 Å². The Morgan fingerprint density at radius 3 is 3.00 bits per heavy atom. The van der Waals surface area contributed by atoms with E-state index in [2.05, 4.69) is 11.1 Å². The molecular formula is C11H9N3O. The molecule has 4 nitrogen and oxygen atoms in total. The fourth-order valence-electron chi connectivity index (χ4n) is 1.41. The number of nitrogens with zero attached hydrogens (tertiary/aromatic N) is 2. The van der Waals surface area contributed by atoms with Gasteiger partial charge >= 0.3 is 5.69 Å². The molecule has 0 saturated carbocycles. The number of imidazole rings is 1. The van der Waals surface area contributed by atoms with Crippen molar-refractivity contribution in [3.05, 3.63) is 58.3 Å². The van der Waals surface area contributed by atoms with E-state index in [-0.39, 0.29) is 5.69 Å². The molecule has 1 heterocycles. The molecule has 0 bridgehead atoms. The van der Waals surface area contributed by atoms with Crippen LogP contribution in [-0.4, -0.2) is 9.55 Å². The van der Waals surface area contributed by atoms with Crippen molar-refractivity contribution in [1.29, 1.82) is 5.26 Å². The highest BCUT2D eigenvalue weighted by Gasteiger charge is 1.98. The number of nitrogens with one attached hydrogen (secondary N) is 1. The fraction of sp³-hybridized carbons (Fsp3) is 0.0909. The summed E-state index contributed by atoms with van der Waals surface area (Å²) in [6.45, 7) is 0.484. The number of hydrogen-bond acceptors (Lipinski definition) is 2. The van der Waals surface area contributed by atoms with Crippen LogP contribution in [0.4, 0.5) is 0 Å². The van der Waals surface area contributed by atoms with Crippen LogP contribution >= 0.6 is 0 Å². The zero-order valence-electron chi connectivity index (χ0n) is 7.97. The predicted molar refractivity (Wildman–Crippen MR) is 55.3 cm³/mol. The number of aromatic nitrogens is 2. The van der Waals surface area contributed by atoms with Crippen molar-refractivity contribution in [2.75, 3.05) is 0 Å². The van der Waals surface area contributed by atoms with Crippen molar-refractivity contribution < 1.29 is 0 Å². The van der Waals surface area contributed by atoms with Crippen molar-refractivity contribution >= 4 is 0 Å². The van der Waals surface area contributed by atoms with Crippen LogP contribution in [0.25, 0.3) is 0 Å². The van der Waals surface area contributed by atoms with Gasteiger partial charge in [-0.05, 0) is 17.7 Å². The summed E-state index contributed by atoms with van der Waals surface area (Å²) in [5.41, 5.74) is 1.41. The van der Waals surface area contributed by atoms with Crippen molar-refractivity contribution in [1.82, 2.24) is 9.55 Å². The molecule has 0 amide bonds. The third-order valence-corrected chi connectivity index (χ3v) is 2.13. The van der Waals surface area contributed by atoms with Gasteiger partial charge in [-0.25, -0.2) is 4.79 Å². The van der Waals surface area contributed by atoms with Gasteiger partial charge in [-0.15, -0.1) is 0 Å². The summed E-state index contributed by atoms with van der Waals surface area (Å²) < 4.78 is 1.55. The molecule has 1 aromatic heterocycles. The minimum Gasteiger partial charge on any atom is -0.313 e. The lowest BCUT2D eigenvalue weighted by molar-refractivity contribution is 0.762. The molecule has 2 aromatic rings. The molecule has 0 aliphatic rings. The molecular weight excluding hydrogens is 190 g/mol. The molecule has 1 N–H and O–H groups in total. The Kier molecular flexibility index (Phi) is 2.38. The van der Waals surface area contributed by atoms with Crippen molar-refractivity contribution in [3.8, 4) is 6.07 Å². The zero-order valence-corrected chi connectivity index (χ0v) is 7.97. The van der Waals surface area contributed by atoms with Crippen LogP contribution < -0.4 is 5.69 Å². The second-order valence-corrected chi connectivity index (χ2v) is 3.21. The van der Waals surface area contributed by atoms with Gasteiger partial charge in [0.25, 0.3) is 0 Å². The van der Waals surface area contributed by atoms with Crippen molar-refractivity contribution in [3.63, 3.8) is 0 Å². The highest BCUT2D eigenvalue weighted by Crippen LogP contribution is 2.04. The lowest BCUT2D eigenvalue weighted by atomic mass is 10.1. The van der Waals surface area contributed by atoms with Gasteiger partial charge in [0.15, 0.2) is 0 Å². The van der Waals surface area contributed by atoms with E-state index in [9.17, 15) is 4.79 Å². The Balaban J connectivity index is 2.29. The normalized spacial score (nSPS) is 9.80. The van der Waals surface area contributed by atoms with Crippen LogP contribution in [-0.2, 0) is 6.54 Å². The molecule has 1 aromatic carbocycles. The largest absolute Gasteiger partial charge is 0.325 e. The second kappa shape index (κ2) is 3.84. The maximum absolute atomic E-state index is 11.2. The SMILES string of the molecule is N#Cc1cccc(Cn2cc[nH]c2=O)c1. The van der Waals surface area contributed by atoms with Gasteiger partial charge in [-0.2, -0.15) is 5.26 Å². The van der Waals surface area contributed by atoms with Gasteiger partial charge in [-0.3, -0.25) is 4.57 Å². The maximum Gasteiger partial charge on any atom is 0.325 e. The van der Waals surface area contributed by atoms with Crippen LogP contribution in [0, 0.1) is 11.3 Å². The maximum atomic E-state index is 11.2. The molecule has 15 heavy (non-hydrogen) atoms. The van der Waals surface area contributed by atoms with E-state index < -0.39 is 0 Å².